The van der Waals surface area contributed by atoms with Crippen molar-refractivity contribution in [2.75, 3.05) is 64.8 Å². The number of aryl methyl sites for hydroxylation is 2. The number of rotatable bonds is 21. The second-order valence-electron chi connectivity index (χ2n) is 19.0. The van der Waals surface area contributed by atoms with E-state index in [0.717, 1.165) is 29.1 Å². The topological polar surface area (TPSA) is 217 Å². The van der Waals surface area contributed by atoms with Crippen molar-refractivity contribution in [3.8, 4) is 21.9 Å². The summed E-state index contributed by atoms with van der Waals surface area (Å²) in [4.78, 5) is 74.9. The molecule has 0 radical (unpaired) electrons. The number of carbonyl (C=O) groups excluding carboxylic acids is 4. The Morgan fingerprint density at radius 2 is 1.76 bits per heavy atom. The van der Waals surface area contributed by atoms with Gasteiger partial charge >= 0.3 is 0 Å². The molecule has 4 N–H and O–H groups in total. The number of anilines is 2. The molecule has 0 unspecified atom stereocenters. The minimum atomic E-state index is -0.979. The summed E-state index contributed by atoms with van der Waals surface area (Å²) in [5.41, 5.74) is 6.15. The van der Waals surface area contributed by atoms with Gasteiger partial charge in [0.2, 0.25) is 23.6 Å². The summed E-state index contributed by atoms with van der Waals surface area (Å²) in [7, 11) is 1.56. The van der Waals surface area contributed by atoms with Crippen molar-refractivity contribution >= 4 is 69.0 Å². The second kappa shape index (κ2) is 24.5. The van der Waals surface area contributed by atoms with Gasteiger partial charge in [0.1, 0.15) is 35.7 Å². The molecule has 8 rings (SSSR count). The van der Waals surface area contributed by atoms with Gasteiger partial charge in [-0.2, -0.15) is 0 Å². The summed E-state index contributed by atoms with van der Waals surface area (Å²) >= 11 is 7.52. The Kier molecular flexibility index (Phi) is 17.7. The number of ether oxygens (including phenoxy) is 2. The van der Waals surface area contributed by atoms with Gasteiger partial charge in [-0.15, -0.1) is 11.3 Å². The van der Waals surface area contributed by atoms with Gasteiger partial charge in [-0.1, -0.05) is 54.9 Å². The molecule has 0 aliphatic carbocycles. The van der Waals surface area contributed by atoms with Gasteiger partial charge in [-0.3, -0.25) is 24.1 Å². The van der Waals surface area contributed by atoms with Crippen LogP contribution in [0, 0.1) is 25.6 Å². The lowest BCUT2D eigenvalue weighted by atomic mass is 9.91. The number of nitrogens with zero attached hydrogens (tertiary/aromatic N) is 7. The highest BCUT2D eigenvalue weighted by molar-refractivity contribution is 7.13. The zero-order chi connectivity index (χ0) is 52.5. The number of fused-ring (bicyclic) bond motifs is 1. The van der Waals surface area contributed by atoms with E-state index < -0.39 is 35.8 Å². The number of benzene rings is 3. The first-order valence-electron chi connectivity index (χ1n) is 24.8. The SMILES string of the molecule is COc1cc2ncnc(Nc3ccc(F)c(Cl)c3)c2cc1OCCCN1CCN(C(=O)CCCNC(=O)C[C@H](NC(=O)[C@@H]2C[C@@H](O)CN2C(=O)[C@@H](c2cc(C)no2)C(C)C)c2ccc(-c3scnc3C)cc2)CC1. The third kappa shape index (κ3) is 13.1. The van der Waals surface area contributed by atoms with Gasteiger partial charge in [0.15, 0.2) is 11.5 Å². The minimum Gasteiger partial charge on any atom is -0.493 e. The molecule has 2 saturated heterocycles. The maximum Gasteiger partial charge on any atom is 0.243 e. The fourth-order valence-electron chi connectivity index (χ4n) is 9.44. The molecule has 4 atom stereocenters. The first-order valence-corrected chi connectivity index (χ1v) is 26.1. The van der Waals surface area contributed by atoms with Crippen LogP contribution in [-0.4, -0.2) is 135 Å². The molecule has 6 aromatic rings. The van der Waals surface area contributed by atoms with Crippen LogP contribution in [0.4, 0.5) is 15.9 Å². The molecule has 0 spiro atoms. The van der Waals surface area contributed by atoms with E-state index in [2.05, 4.69) is 41.0 Å². The van der Waals surface area contributed by atoms with E-state index in [-0.39, 0.29) is 61.0 Å². The summed E-state index contributed by atoms with van der Waals surface area (Å²) in [5.74, 6) is -0.589. The predicted octanol–water partition coefficient (Wildman–Crippen LogP) is 7.36. The molecule has 2 aliphatic rings. The van der Waals surface area contributed by atoms with Gasteiger partial charge < -0.3 is 44.9 Å². The summed E-state index contributed by atoms with van der Waals surface area (Å²) in [6, 6.07) is 15.5. The molecule has 5 heterocycles. The Labute approximate surface area is 438 Å². The average molecular weight is 1050 g/mol. The van der Waals surface area contributed by atoms with Crippen LogP contribution >= 0.6 is 22.9 Å². The Morgan fingerprint density at radius 1 is 0.973 bits per heavy atom. The van der Waals surface area contributed by atoms with Crippen LogP contribution in [-0.2, 0) is 19.2 Å². The van der Waals surface area contributed by atoms with Crippen molar-refractivity contribution in [1.82, 2.24) is 45.4 Å². The number of methoxy groups -OCH3 is 1. The fourth-order valence-corrected chi connectivity index (χ4v) is 10.4. The smallest absolute Gasteiger partial charge is 0.243 e. The third-order valence-corrected chi connectivity index (χ3v) is 14.6. The number of carbonyl (C=O) groups is 4. The molecule has 3 aromatic heterocycles. The Balaban J connectivity index is 0.803. The lowest BCUT2D eigenvalue weighted by molar-refractivity contribution is -0.141. The molecule has 2 aliphatic heterocycles. The van der Waals surface area contributed by atoms with E-state index in [0.29, 0.717) is 90.1 Å². The summed E-state index contributed by atoms with van der Waals surface area (Å²) in [6.07, 6.45) is 1.88. The quantitative estimate of drug-likeness (QED) is 0.0518. The molecular formula is C53H62ClFN10O8S. The maximum absolute atomic E-state index is 14.2. The van der Waals surface area contributed by atoms with Crippen molar-refractivity contribution in [1.29, 1.82) is 0 Å². The zero-order valence-electron chi connectivity index (χ0n) is 42.1. The number of hydrogen-bond acceptors (Lipinski definition) is 15. The number of likely N-dealkylation sites (tertiary alicyclic amines) is 1. The molecule has 0 bridgehead atoms. The Hall–Kier alpha value is -6.74. The van der Waals surface area contributed by atoms with Crippen molar-refractivity contribution in [2.24, 2.45) is 5.92 Å². The predicted molar refractivity (Wildman–Crippen MR) is 279 cm³/mol. The number of aliphatic hydroxyl groups is 1. The van der Waals surface area contributed by atoms with Crippen molar-refractivity contribution < 1.29 is 42.7 Å². The number of halogens is 2. The summed E-state index contributed by atoms with van der Waals surface area (Å²) < 4.78 is 31.1. The third-order valence-electron chi connectivity index (χ3n) is 13.4. The van der Waals surface area contributed by atoms with Crippen LogP contribution < -0.4 is 25.4 Å². The largest absolute Gasteiger partial charge is 0.493 e. The van der Waals surface area contributed by atoms with Gasteiger partial charge in [0.25, 0.3) is 0 Å². The molecule has 74 heavy (non-hydrogen) atoms. The van der Waals surface area contributed by atoms with Crippen LogP contribution in [0.3, 0.4) is 0 Å². The standard InChI is InChI=1S/C53H62ClFN10O8S/c1-31(2)49(46-22-32(3)62-73-46)53(70)65-28-37(66)24-43(65)52(69)61-41(34-9-11-35(12-10-34)50-33(4)59-30-74-50)27-47(67)56-15-6-8-48(68)64-19-17-63(18-20-64)16-7-21-72-45-25-38-42(26-44(45)71-5)57-29-58-51(38)60-36-13-14-40(55)39(54)23-36/h9-14,22-23,25-26,29-31,37,41,43,49,66H,6-8,15-21,24,27-28H2,1-5H3,(H,56,67)(H,61,69)(H,57,58,60)/t37-,41+,43+,49-/m1/s1. The highest BCUT2D eigenvalue weighted by Gasteiger charge is 2.44. The first-order chi connectivity index (χ1) is 35.6. The molecule has 21 heteroatoms. The van der Waals surface area contributed by atoms with E-state index >= 15 is 0 Å². The average Bonchev–Trinajstić information content (AvgIpc) is 4.14. The van der Waals surface area contributed by atoms with Crippen molar-refractivity contribution in [3.63, 3.8) is 0 Å². The number of piperazine rings is 1. The van der Waals surface area contributed by atoms with E-state index in [1.165, 1.54) is 34.7 Å². The first kappa shape index (κ1) is 53.5. The highest BCUT2D eigenvalue weighted by Crippen LogP contribution is 2.36. The van der Waals surface area contributed by atoms with Gasteiger partial charge in [-0.05, 0) is 68.0 Å². The molecule has 18 nitrogen and oxygen atoms in total. The molecule has 4 amide bonds. The van der Waals surface area contributed by atoms with E-state index in [9.17, 15) is 28.7 Å². The molecule has 3 aromatic carbocycles. The van der Waals surface area contributed by atoms with Crippen LogP contribution in [0.25, 0.3) is 21.3 Å². The van der Waals surface area contributed by atoms with Crippen LogP contribution in [0.15, 0.2) is 77.0 Å². The van der Waals surface area contributed by atoms with Crippen molar-refractivity contribution in [2.45, 2.75) is 83.9 Å². The number of aromatic nitrogens is 4. The Bertz CT molecular complexity index is 2930. The maximum atomic E-state index is 14.2. The monoisotopic (exact) mass is 1050 g/mol. The minimum absolute atomic E-state index is 0.0102. The number of hydrogen-bond donors (Lipinski definition) is 4. The lowest BCUT2D eigenvalue weighted by Crippen LogP contribution is -2.49. The highest BCUT2D eigenvalue weighted by atomic mass is 35.5. The van der Waals surface area contributed by atoms with Gasteiger partial charge in [0.05, 0.1) is 64.6 Å². The van der Waals surface area contributed by atoms with E-state index in [4.69, 9.17) is 25.6 Å². The lowest BCUT2D eigenvalue weighted by Gasteiger charge is -2.34. The molecule has 0 saturated carbocycles. The fraction of sp³-hybridized carbons (Fsp3) is 0.434. The number of β-amino-alcohol motifs (C(OH)–C–C–N with tert-alkyl or cyclic N) is 1. The van der Waals surface area contributed by atoms with Crippen LogP contribution in [0.1, 0.15) is 80.6 Å². The number of amides is 4. The number of aliphatic hydroxyl groups excluding tert-OH is 1. The van der Waals surface area contributed by atoms with Crippen molar-refractivity contribution in [3.05, 3.63) is 106 Å². The Morgan fingerprint density at radius 3 is 2.45 bits per heavy atom. The van der Waals surface area contributed by atoms with E-state index in [1.54, 1.807) is 37.7 Å². The number of thiazole rings is 1. The summed E-state index contributed by atoms with van der Waals surface area (Å²) in [5, 5.41) is 24.6. The van der Waals surface area contributed by atoms with Crippen LogP contribution in [0.5, 0.6) is 11.5 Å². The second-order valence-corrected chi connectivity index (χ2v) is 20.3. The van der Waals surface area contributed by atoms with Gasteiger partial charge in [-0.25, -0.2) is 19.3 Å². The van der Waals surface area contributed by atoms with Crippen LogP contribution in [0.2, 0.25) is 5.02 Å². The molecular weight excluding hydrogens is 991 g/mol. The summed E-state index contributed by atoms with van der Waals surface area (Å²) in [6.45, 7) is 11.5. The number of nitrogens with one attached hydrogen (secondary N) is 3. The molecule has 392 valence electrons. The van der Waals surface area contributed by atoms with E-state index in [1.807, 2.05) is 56.0 Å². The normalized spacial score (nSPS) is 16.8. The zero-order valence-corrected chi connectivity index (χ0v) is 43.7. The molecule has 2 fully saturated rings. The van der Waals surface area contributed by atoms with Gasteiger partial charge in [0, 0.05) is 81.9 Å².